The lowest BCUT2D eigenvalue weighted by Crippen LogP contribution is -2.35. The molecular formula is C21H42O4. The van der Waals surface area contributed by atoms with Gasteiger partial charge < -0.3 is 14.9 Å². The molecule has 4 heteroatoms. The molecule has 0 radical (unpaired) electrons. The lowest BCUT2D eigenvalue weighted by Gasteiger charge is -2.33. The minimum Gasteiger partial charge on any atom is -0.469 e. The molecule has 0 saturated heterocycles. The maximum absolute atomic E-state index is 11.4. The van der Waals surface area contributed by atoms with Crippen LogP contribution in [0.4, 0.5) is 0 Å². The lowest BCUT2D eigenvalue weighted by atomic mass is 9.80. The number of esters is 1. The Labute approximate surface area is 155 Å². The molecule has 4 nitrogen and oxygen atoms in total. The van der Waals surface area contributed by atoms with Crippen LogP contribution in [0.5, 0.6) is 0 Å². The Morgan fingerprint density at radius 1 is 1.00 bits per heavy atom. The third-order valence-electron chi connectivity index (χ3n) is 5.47. The summed E-state index contributed by atoms with van der Waals surface area (Å²) in [7, 11) is 1.33. The molecule has 0 spiro atoms. The van der Waals surface area contributed by atoms with Gasteiger partial charge in [0.1, 0.15) is 0 Å². The van der Waals surface area contributed by atoms with E-state index in [1.165, 1.54) is 45.6 Å². The number of methoxy groups -OCH3 is 1. The number of aliphatic hydroxyl groups excluding tert-OH is 1. The van der Waals surface area contributed by atoms with Crippen LogP contribution in [0.1, 0.15) is 104 Å². The van der Waals surface area contributed by atoms with Gasteiger partial charge in [0.05, 0.1) is 25.2 Å². The predicted octanol–water partition coefficient (Wildman–Crippen LogP) is 5.00. The van der Waals surface area contributed by atoms with Gasteiger partial charge in [0.15, 0.2) is 0 Å². The van der Waals surface area contributed by atoms with E-state index in [4.69, 9.17) is 0 Å². The Balaban J connectivity index is 4.20. The molecule has 2 N–H and O–H groups in total. The van der Waals surface area contributed by atoms with Crippen molar-refractivity contribution < 1.29 is 19.7 Å². The highest BCUT2D eigenvalue weighted by atomic mass is 16.5. The third-order valence-corrected chi connectivity index (χ3v) is 5.47. The first kappa shape index (κ1) is 24.4. The maximum atomic E-state index is 11.4. The number of hydrogen-bond acceptors (Lipinski definition) is 4. The molecule has 0 saturated carbocycles. The zero-order valence-corrected chi connectivity index (χ0v) is 17.1. The zero-order valence-electron chi connectivity index (χ0n) is 17.1. The van der Waals surface area contributed by atoms with E-state index < -0.39 is 17.7 Å². The highest BCUT2D eigenvalue weighted by Crippen LogP contribution is 2.31. The normalized spacial score (nSPS) is 16.2. The van der Waals surface area contributed by atoms with Crippen molar-refractivity contribution in [1.82, 2.24) is 0 Å². The van der Waals surface area contributed by atoms with Crippen molar-refractivity contribution in [3.8, 4) is 0 Å². The summed E-state index contributed by atoms with van der Waals surface area (Å²) in [6, 6.07) is 0. The van der Waals surface area contributed by atoms with E-state index in [1.54, 1.807) is 0 Å². The number of aliphatic hydroxyl groups is 2. The summed E-state index contributed by atoms with van der Waals surface area (Å²) < 4.78 is 4.64. The number of hydrogen-bond donors (Lipinski definition) is 2. The van der Waals surface area contributed by atoms with Crippen LogP contribution in [0.3, 0.4) is 0 Å². The van der Waals surface area contributed by atoms with Crippen molar-refractivity contribution in [1.29, 1.82) is 0 Å². The van der Waals surface area contributed by atoms with Crippen molar-refractivity contribution in [2.45, 2.75) is 116 Å². The van der Waals surface area contributed by atoms with Crippen LogP contribution in [0, 0.1) is 5.92 Å². The predicted molar refractivity (Wildman–Crippen MR) is 104 cm³/mol. The van der Waals surface area contributed by atoms with Gasteiger partial charge >= 0.3 is 5.97 Å². The Bertz CT molecular complexity index is 332. The highest BCUT2D eigenvalue weighted by Gasteiger charge is 2.31. The van der Waals surface area contributed by atoms with Crippen LogP contribution in [0.25, 0.3) is 0 Å². The molecule has 0 aromatic heterocycles. The molecule has 0 aromatic carbocycles. The molecule has 3 atom stereocenters. The van der Waals surface area contributed by atoms with Crippen molar-refractivity contribution in [3.05, 3.63) is 0 Å². The van der Waals surface area contributed by atoms with Gasteiger partial charge in [-0.25, -0.2) is 0 Å². The van der Waals surface area contributed by atoms with E-state index >= 15 is 0 Å². The van der Waals surface area contributed by atoms with E-state index in [9.17, 15) is 15.0 Å². The fourth-order valence-electron chi connectivity index (χ4n) is 3.47. The second kappa shape index (κ2) is 14.5. The fraction of sp³-hybridized carbons (Fsp3) is 0.952. The number of carbonyl (C=O) groups is 1. The molecule has 0 heterocycles. The van der Waals surface area contributed by atoms with Gasteiger partial charge in [-0.1, -0.05) is 78.6 Å². The first-order valence-corrected chi connectivity index (χ1v) is 10.4. The van der Waals surface area contributed by atoms with Gasteiger partial charge in [-0.2, -0.15) is 0 Å². The standard InChI is InChI=1S/C21H42O4/c1-5-8-9-10-11-12-13-14-15-21(24,7-3)17-18(6-2)19(22)16-20(23)25-4/h18-19,22,24H,5-17H2,1-4H3/t18-,19-,21-/m0/s1. The van der Waals surface area contributed by atoms with Gasteiger partial charge in [-0.15, -0.1) is 0 Å². The molecule has 0 aliphatic heterocycles. The molecule has 0 fully saturated rings. The third kappa shape index (κ3) is 11.6. The minimum absolute atomic E-state index is 0.00651. The Morgan fingerprint density at radius 3 is 2.04 bits per heavy atom. The van der Waals surface area contributed by atoms with Crippen molar-refractivity contribution >= 4 is 5.97 Å². The van der Waals surface area contributed by atoms with Gasteiger partial charge in [0.25, 0.3) is 0 Å². The van der Waals surface area contributed by atoms with Crippen LogP contribution >= 0.6 is 0 Å². The minimum atomic E-state index is -0.742. The van der Waals surface area contributed by atoms with E-state index in [0.717, 1.165) is 25.7 Å². The zero-order chi connectivity index (χ0) is 19.1. The summed E-state index contributed by atoms with van der Waals surface area (Å²) in [4.78, 5) is 11.4. The Morgan fingerprint density at radius 2 is 1.56 bits per heavy atom. The number of carbonyl (C=O) groups excluding carboxylic acids is 1. The monoisotopic (exact) mass is 358 g/mol. The SMILES string of the molecule is CCCCCCCCCC[C@@](O)(CC)C[C@H](CC)[C@@H](O)CC(=O)OC. The molecular weight excluding hydrogens is 316 g/mol. The molecule has 150 valence electrons. The molecule has 25 heavy (non-hydrogen) atoms. The lowest BCUT2D eigenvalue weighted by molar-refractivity contribution is -0.144. The van der Waals surface area contributed by atoms with Crippen LogP contribution in [-0.4, -0.2) is 35.0 Å². The van der Waals surface area contributed by atoms with E-state index in [2.05, 4.69) is 11.7 Å². The van der Waals surface area contributed by atoms with Gasteiger partial charge in [-0.05, 0) is 25.2 Å². The smallest absolute Gasteiger partial charge is 0.308 e. The van der Waals surface area contributed by atoms with Gasteiger partial charge in [-0.3, -0.25) is 4.79 Å². The average Bonchev–Trinajstić information content (AvgIpc) is 2.61. The molecule has 0 rings (SSSR count). The summed E-state index contributed by atoms with van der Waals surface area (Å²) in [6.45, 7) is 6.24. The molecule has 0 bridgehead atoms. The summed E-state index contributed by atoms with van der Waals surface area (Å²) in [6.07, 6.45) is 12.0. The van der Waals surface area contributed by atoms with E-state index in [1.807, 2.05) is 13.8 Å². The molecule has 0 aromatic rings. The van der Waals surface area contributed by atoms with Gasteiger partial charge in [0.2, 0.25) is 0 Å². The second-order valence-electron chi connectivity index (χ2n) is 7.52. The van der Waals surface area contributed by atoms with Gasteiger partial charge in [0, 0.05) is 0 Å². The number of ether oxygens (including phenoxy) is 1. The quantitative estimate of drug-likeness (QED) is 0.301. The number of rotatable bonds is 16. The van der Waals surface area contributed by atoms with Crippen LogP contribution in [0.15, 0.2) is 0 Å². The first-order chi connectivity index (χ1) is 11.9. The summed E-state index contributed by atoms with van der Waals surface area (Å²) in [5.74, 6) is -0.466. The molecule has 0 amide bonds. The average molecular weight is 359 g/mol. The highest BCUT2D eigenvalue weighted by molar-refractivity contribution is 5.69. The summed E-state index contributed by atoms with van der Waals surface area (Å²) in [5.41, 5.74) is -0.736. The fourth-order valence-corrected chi connectivity index (χ4v) is 3.47. The van der Waals surface area contributed by atoms with Crippen molar-refractivity contribution in [2.24, 2.45) is 5.92 Å². The topological polar surface area (TPSA) is 66.8 Å². The Hall–Kier alpha value is -0.610. The van der Waals surface area contributed by atoms with Crippen LogP contribution in [-0.2, 0) is 9.53 Å². The molecule has 0 aliphatic carbocycles. The molecule has 0 unspecified atom stereocenters. The van der Waals surface area contributed by atoms with Crippen LogP contribution in [0.2, 0.25) is 0 Å². The Kier molecular flexibility index (Phi) is 14.2. The second-order valence-corrected chi connectivity index (χ2v) is 7.52. The molecule has 0 aliphatic rings. The summed E-state index contributed by atoms with van der Waals surface area (Å²) in [5, 5.41) is 21.2. The van der Waals surface area contributed by atoms with E-state index in [-0.39, 0.29) is 12.3 Å². The maximum Gasteiger partial charge on any atom is 0.308 e. The number of unbranched alkanes of at least 4 members (excludes halogenated alkanes) is 7. The van der Waals surface area contributed by atoms with Crippen molar-refractivity contribution in [3.63, 3.8) is 0 Å². The largest absolute Gasteiger partial charge is 0.469 e. The first-order valence-electron chi connectivity index (χ1n) is 10.4. The van der Waals surface area contributed by atoms with Crippen LogP contribution < -0.4 is 0 Å². The van der Waals surface area contributed by atoms with E-state index in [0.29, 0.717) is 12.8 Å². The summed E-state index contributed by atoms with van der Waals surface area (Å²) >= 11 is 0. The van der Waals surface area contributed by atoms with Crippen molar-refractivity contribution in [2.75, 3.05) is 7.11 Å².